The van der Waals surface area contributed by atoms with E-state index in [4.69, 9.17) is 10.5 Å². The molecule has 1 rings (SSSR count). The molecule has 0 radical (unpaired) electrons. The highest BCUT2D eigenvalue weighted by Gasteiger charge is 2.25. The molecule has 120 valence electrons. The Labute approximate surface area is 125 Å². The molecule has 0 saturated heterocycles. The molecule has 0 fully saturated rings. The number of nitrogen functional groups attached to an aromatic ring is 1. The normalized spacial score (nSPS) is 12.7. The molecule has 8 heteroatoms. The van der Waals surface area contributed by atoms with Crippen LogP contribution in [0.4, 0.5) is 10.1 Å². The highest BCUT2D eigenvalue weighted by Crippen LogP contribution is 2.28. The third-order valence-electron chi connectivity index (χ3n) is 3.47. The first-order chi connectivity index (χ1) is 9.51. The van der Waals surface area contributed by atoms with Crippen molar-refractivity contribution in [2.75, 3.05) is 33.5 Å². The van der Waals surface area contributed by atoms with Crippen molar-refractivity contribution in [1.29, 1.82) is 0 Å². The Balaban J connectivity index is 3.05. The van der Waals surface area contributed by atoms with Gasteiger partial charge in [0, 0.05) is 12.1 Å². The zero-order valence-electron chi connectivity index (χ0n) is 12.9. The van der Waals surface area contributed by atoms with Crippen LogP contribution in [0, 0.1) is 5.82 Å². The number of nitrogens with one attached hydrogen (secondary N) is 1. The van der Waals surface area contributed by atoms with Gasteiger partial charge >= 0.3 is 0 Å². The van der Waals surface area contributed by atoms with Gasteiger partial charge in [-0.15, -0.1) is 0 Å². The van der Waals surface area contributed by atoms with Gasteiger partial charge in [-0.25, -0.2) is 17.5 Å². The maximum Gasteiger partial charge on any atom is 0.240 e. The Morgan fingerprint density at radius 2 is 1.95 bits per heavy atom. The summed E-state index contributed by atoms with van der Waals surface area (Å²) >= 11 is 0. The van der Waals surface area contributed by atoms with Crippen LogP contribution in [-0.2, 0) is 10.0 Å². The third-order valence-corrected chi connectivity index (χ3v) is 4.85. The molecule has 6 nitrogen and oxygen atoms in total. The first kappa shape index (κ1) is 17.7. The number of sulfonamides is 1. The SMILES string of the molecule is COc1c(N)cc(S(=O)(=O)NCC(C)(C)N(C)C)cc1F. The fourth-order valence-electron chi connectivity index (χ4n) is 1.47. The molecule has 0 saturated carbocycles. The van der Waals surface area contributed by atoms with Crippen molar-refractivity contribution in [2.24, 2.45) is 0 Å². The van der Waals surface area contributed by atoms with Crippen molar-refractivity contribution in [3.8, 4) is 5.75 Å². The molecule has 0 aliphatic heterocycles. The average molecular weight is 319 g/mol. The van der Waals surface area contributed by atoms with Crippen molar-refractivity contribution < 1.29 is 17.5 Å². The molecular formula is C13H22FN3O3S. The zero-order valence-corrected chi connectivity index (χ0v) is 13.7. The standard InChI is InChI=1S/C13H22FN3O3S/c1-13(2,17(3)4)8-16-21(18,19)9-6-10(14)12(20-5)11(15)7-9/h6-7,16H,8,15H2,1-5H3. The number of nitrogens with two attached hydrogens (primary N) is 1. The largest absolute Gasteiger partial charge is 0.492 e. The zero-order chi connectivity index (χ0) is 16.4. The summed E-state index contributed by atoms with van der Waals surface area (Å²) < 4.78 is 45.4. The highest BCUT2D eigenvalue weighted by atomic mass is 32.2. The van der Waals surface area contributed by atoms with Gasteiger partial charge in [0.15, 0.2) is 11.6 Å². The molecule has 0 atom stereocenters. The Morgan fingerprint density at radius 1 is 1.38 bits per heavy atom. The Bertz CT molecular complexity index is 592. The van der Waals surface area contributed by atoms with E-state index in [9.17, 15) is 12.8 Å². The number of benzene rings is 1. The Morgan fingerprint density at radius 3 is 2.38 bits per heavy atom. The maximum atomic E-state index is 13.7. The van der Waals surface area contributed by atoms with Gasteiger partial charge in [0.2, 0.25) is 10.0 Å². The monoisotopic (exact) mass is 319 g/mol. The predicted octanol–water partition coefficient (Wildman–Crippen LogP) is 1.03. The van der Waals surface area contributed by atoms with Crippen LogP contribution in [0.15, 0.2) is 17.0 Å². The van der Waals surface area contributed by atoms with E-state index in [1.54, 1.807) is 0 Å². The molecular weight excluding hydrogens is 297 g/mol. The smallest absolute Gasteiger partial charge is 0.240 e. The quantitative estimate of drug-likeness (QED) is 0.765. The van der Waals surface area contributed by atoms with Gasteiger partial charge in [-0.3, -0.25) is 0 Å². The second-order valence-corrected chi connectivity index (χ2v) is 7.33. The van der Waals surface area contributed by atoms with E-state index in [2.05, 4.69) is 4.72 Å². The van der Waals surface area contributed by atoms with E-state index < -0.39 is 15.8 Å². The van der Waals surface area contributed by atoms with E-state index in [0.717, 1.165) is 6.07 Å². The van der Waals surface area contributed by atoms with Gasteiger partial charge < -0.3 is 15.4 Å². The van der Waals surface area contributed by atoms with Crippen LogP contribution < -0.4 is 15.2 Å². The first-order valence-electron chi connectivity index (χ1n) is 6.31. The molecule has 1 aromatic rings. The van der Waals surface area contributed by atoms with Gasteiger partial charge in [-0.2, -0.15) is 0 Å². The molecule has 0 heterocycles. The summed E-state index contributed by atoms with van der Waals surface area (Å²) in [5.41, 5.74) is 5.14. The molecule has 0 spiro atoms. The molecule has 0 aliphatic carbocycles. The second kappa shape index (κ2) is 6.17. The number of hydrogen-bond donors (Lipinski definition) is 2. The number of ether oxygens (including phenoxy) is 1. The first-order valence-corrected chi connectivity index (χ1v) is 7.79. The minimum Gasteiger partial charge on any atom is -0.492 e. The van der Waals surface area contributed by atoms with Gasteiger partial charge in [0.25, 0.3) is 0 Å². The maximum absolute atomic E-state index is 13.7. The summed E-state index contributed by atoms with van der Waals surface area (Å²) in [7, 11) is 1.11. The molecule has 3 N–H and O–H groups in total. The van der Waals surface area contributed by atoms with E-state index in [0.29, 0.717) is 0 Å². The van der Waals surface area contributed by atoms with Gasteiger partial charge in [-0.1, -0.05) is 0 Å². The Kier molecular flexibility index (Phi) is 5.19. The van der Waals surface area contributed by atoms with E-state index in [1.807, 2.05) is 32.8 Å². The van der Waals surface area contributed by atoms with Crippen LogP contribution in [0.5, 0.6) is 5.75 Å². The minimum atomic E-state index is -3.85. The van der Waals surface area contributed by atoms with Crippen molar-refractivity contribution in [3.05, 3.63) is 17.9 Å². The summed E-state index contributed by atoms with van der Waals surface area (Å²) in [6.07, 6.45) is 0. The number of hydrogen-bond acceptors (Lipinski definition) is 5. The summed E-state index contributed by atoms with van der Waals surface area (Å²) in [6.45, 7) is 3.95. The summed E-state index contributed by atoms with van der Waals surface area (Å²) in [5, 5.41) is 0. The van der Waals surface area contributed by atoms with Crippen LogP contribution in [0.25, 0.3) is 0 Å². The van der Waals surface area contributed by atoms with Gasteiger partial charge in [0.05, 0.1) is 17.7 Å². The molecule has 1 aromatic carbocycles. The number of nitrogens with zero attached hydrogens (tertiary/aromatic N) is 1. The van der Waals surface area contributed by atoms with Crippen LogP contribution in [0.3, 0.4) is 0 Å². The van der Waals surface area contributed by atoms with Crippen LogP contribution in [0.2, 0.25) is 0 Å². The molecule has 0 aromatic heterocycles. The average Bonchev–Trinajstić information content (AvgIpc) is 2.36. The number of anilines is 1. The van der Waals surface area contributed by atoms with Gasteiger partial charge in [-0.05, 0) is 40.1 Å². The Hall–Kier alpha value is -1.38. The lowest BCUT2D eigenvalue weighted by atomic mass is 10.1. The molecule has 0 amide bonds. The minimum absolute atomic E-state index is 0.0651. The van der Waals surface area contributed by atoms with Crippen molar-refractivity contribution in [3.63, 3.8) is 0 Å². The van der Waals surface area contributed by atoms with Crippen LogP contribution in [0.1, 0.15) is 13.8 Å². The molecule has 21 heavy (non-hydrogen) atoms. The fraction of sp³-hybridized carbons (Fsp3) is 0.538. The summed E-state index contributed by atoms with van der Waals surface area (Å²) in [4.78, 5) is 1.66. The fourth-order valence-corrected chi connectivity index (χ4v) is 2.72. The molecule has 0 aliphatic rings. The van der Waals surface area contributed by atoms with Crippen molar-refractivity contribution in [1.82, 2.24) is 9.62 Å². The topological polar surface area (TPSA) is 84.7 Å². The second-order valence-electron chi connectivity index (χ2n) is 5.56. The summed E-state index contributed by atoms with van der Waals surface area (Å²) in [5.74, 6) is -0.979. The van der Waals surface area contributed by atoms with E-state index in [1.165, 1.54) is 13.2 Å². The lowest BCUT2D eigenvalue weighted by Crippen LogP contribution is -2.48. The van der Waals surface area contributed by atoms with Crippen molar-refractivity contribution in [2.45, 2.75) is 24.3 Å². The lowest BCUT2D eigenvalue weighted by molar-refractivity contribution is 0.199. The van der Waals surface area contributed by atoms with E-state index in [-0.39, 0.29) is 28.4 Å². The van der Waals surface area contributed by atoms with E-state index >= 15 is 0 Å². The number of methoxy groups -OCH3 is 1. The summed E-state index contributed by atoms with van der Waals surface area (Å²) in [6, 6.07) is 2.06. The number of likely N-dealkylation sites (N-methyl/N-ethyl adjacent to an activating group) is 1. The highest BCUT2D eigenvalue weighted by molar-refractivity contribution is 7.89. The number of rotatable bonds is 6. The lowest BCUT2D eigenvalue weighted by Gasteiger charge is -2.32. The predicted molar refractivity (Wildman–Crippen MR) is 80.3 cm³/mol. The molecule has 0 unspecified atom stereocenters. The molecule has 0 bridgehead atoms. The third kappa shape index (κ3) is 4.05. The van der Waals surface area contributed by atoms with Crippen LogP contribution >= 0.6 is 0 Å². The van der Waals surface area contributed by atoms with Crippen molar-refractivity contribution >= 4 is 15.7 Å². The van der Waals surface area contributed by atoms with Crippen LogP contribution in [-0.4, -0.2) is 46.6 Å². The van der Waals surface area contributed by atoms with Gasteiger partial charge in [0.1, 0.15) is 0 Å². The number of halogens is 1.